The number of esters is 2. The summed E-state index contributed by atoms with van der Waals surface area (Å²) in [6, 6.07) is 30.1. The van der Waals surface area contributed by atoms with Crippen molar-refractivity contribution in [1.82, 2.24) is 19.1 Å². The van der Waals surface area contributed by atoms with Crippen LogP contribution in [-0.2, 0) is 71.0 Å². The van der Waals surface area contributed by atoms with Gasteiger partial charge in [-0.25, -0.2) is 47.0 Å². The van der Waals surface area contributed by atoms with Crippen LogP contribution in [0.15, 0.2) is 149 Å². The van der Waals surface area contributed by atoms with E-state index in [4.69, 9.17) is 47.0 Å². The molecule has 594 valence electrons. The summed E-state index contributed by atoms with van der Waals surface area (Å²) >= 11 is 3.39. The number of nitrogens with one attached hydrogen (secondary N) is 1. The maximum absolute atomic E-state index is 12.9. The first kappa shape index (κ1) is 92.2. The molecule has 3 aliphatic rings. The quantitative estimate of drug-likeness (QED) is 0.00381. The van der Waals surface area contributed by atoms with Crippen LogP contribution in [0.3, 0.4) is 0 Å². The van der Waals surface area contributed by atoms with Gasteiger partial charge in [-0.2, -0.15) is 13.2 Å². The number of hydrogen-bond donors (Lipinski definition) is 3. The molecule has 0 bridgehead atoms. The molecule has 3 fully saturated rings. The van der Waals surface area contributed by atoms with Gasteiger partial charge in [-0.15, -0.1) is 23.5 Å². The Morgan fingerprint density at radius 2 is 1.25 bits per heavy atom. The normalized spacial score (nSPS) is 14.3. The SMILES string of the molecule is CCCCCCCCCCCCOC(=O)c1cccc(N2CC(=O)C(C3SCCS3)C2=O)c1.CCOOC/C(=C\O)c1ccccn1.O=C(N=Cc1c(O)n(Cc2ccccc2)n(Cc2ccccc2)c1=O)C(F)(F)F.[C-]#[N+]/C(C)=C/NS(C)(=O)=O.[C-]#[N+]C(C(=O)OCCCCCCCCCCCC)=C1OCCO1. The summed E-state index contributed by atoms with van der Waals surface area (Å²) in [5.41, 5.74) is 2.65. The molecule has 1 unspecified atom stereocenters. The van der Waals surface area contributed by atoms with Crippen LogP contribution in [0.1, 0.15) is 189 Å². The number of carbonyl (C=O) groups excluding carboxylic acids is 5. The Kier molecular flexibility index (Phi) is 44.6. The summed E-state index contributed by atoms with van der Waals surface area (Å²) in [6.07, 6.45) is 24.8. The van der Waals surface area contributed by atoms with Crippen molar-refractivity contribution in [3.05, 3.63) is 200 Å². The van der Waals surface area contributed by atoms with Gasteiger partial charge >= 0.3 is 29.7 Å². The Balaban J connectivity index is 0.000000303. The number of aliphatic hydroxyl groups excluding tert-OH is 1. The zero-order valence-electron chi connectivity index (χ0n) is 62.8. The highest BCUT2D eigenvalue weighted by Crippen LogP contribution is 2.41. The van der Waals surface area contributed by atoms with E-state index in [1.54, 1.807) is 121 Å². The van der Waals surface area contributed by atoms with E-state index < -0.39 is 51.0 Å². The molecular weight excluding hydrogens is 1470 g/mol. The molecule has 3 saturated heterocycles. The van der Waals surface area contributed by atoms with Crippen LogP contribution in [0.4, 0.5) is 18.9 Å². The molecule has 0 aliphatic carbocycles. The smallest absolute Gasteiger partial charge is 0.473 e. The van der Waals surface area contributed by atoms with E-state index in [1.165, 1.54) is 124 Å². The van der Waals surface area contributed by atoms with Crippen molar-refractivity contribution in [2.45, 2.75) is 180 Å². The predicted octanol–water partition coefficient (Wildman–Crippen LogP) is 15.9. The van der Waals surface area contributed by atoms with Gasteiger partial charge < -0.3 is 38.8 Å². The highest BCUT2D eigenvalue weighted by Gasteiger charge is 2.46. The molecule has 24 nitrogen and oxygen atoms in total. The number of ether oxygens (including phenoxy) is 4. The molecule has 30 heteroatoms. The summed E-state index contributed by atoms with van der Waals surface area (Å²) in [6.45, 7) is 23.7. The summed E-state index contributed by atoms with van der Waals surface area (Å²) in [5.74, 6) is -2.74. The van der Waals surface area contributed by atoms with Crippen molar-refractivity contribution < 1.29 is 84.5 Å². The number of aliphatic imine (C=N–C) groups is 1. The van der Waals surface area contributed by atoms with Crippen molar-refractivity contribution >= 4 is 80.6 Å². The van der Waals surface area contributed by atoms with E-state index in [2.05, 4.69) is 38.2 Å². The Labute approximate surface area is 646 Å². The number of aromatic nitrogens is 3. The zero-order valence-corrected chi connectivity index (χ0v) is 65.2. The Hall–Kier alpha value is -9.20. The average molecular weight is 1570 g/mol. The summed E-state index contributed by atoms with van der Waals surface area (Å²) in [7, 11) is -3.20. The average Bonchev–Trinajstić information content (AvgIpc) is 1.65. The van der Waals surface area contributed by atoms with Crippen LogP contribution >= 0.6 is 23.5 Å². The number of carbonyl (C=O) groups is 5. The number of hydrogen-bond acceptors (Lipinski definition) is 19. The lowest BCUT2D eigenvalue weighted by Gasteiger charge is -2.18. The third-order valence-corrected chi connectivity index (χ3v) is 20.1. The molecule has 3 N–H and O–H groups in total. The second-order valence-electron chi connectivity index (χ2n) is 25.1. The summed E-state index contributed by atoms with van der Waals surface area (Å²) in [5, 5.41) is 19.4. The van der Waals surface area contributed by atoms with Gasteiger partial charge in [0.15, 0.2) is 11.5 Å². The van der Waals surface area contributed by atoms with E-state index in [9.17, 15) is 55.5 Å². The molecule has 2 aromatic heterocycles. The number of ketones is 1. The molecule has 8 rings (SSSR count). The van der Waals surface area contributed by atoms with Gasteiger partial charge in [0.05, 0.1) is 81.0 Å². The molecule has 0 radical (unpaired) electrons. The van der Waals surface area contributed by atoms with Crippen LogP contribution in [0.25, 0.3) is 15.3 Å². The Bertz CT molecular complexity index is 3960. The van der Waals surface area contributed by atoms with Gasteiger partial charge in [-0.05, 0) is 68.1 Å². The highest BCUT2D eigenvalue weighted by molar-refractivity contribution is 8.20. The lowest BCUT2D eigenvalue weighted by atomic mass is 10.1. The molecule has 3 aromatic carbocycles. The second-order valence-corrected chi connectivity index (χ2v) is 29.7. The Morgan fingerprint density at radius 3 is 1.74 bits per heavy atom. The minimum atomic E-state index is -5.16. The van der Waals surface area contributed by atoms with E-state index in [0.717, 1.165) is 67.0 Å². The van der Waals surface area contributed by atoms with Crippen LogP contribution in [0.2, 0.25) is 0 Å². The number of anilines is 1. The van der Waals surface area contributed by atoms with Gasteiger partial charge in [0.25, 0.3) is 11.5 Å². The van der Waals surface area contributed by atoms with E-state index in [-0.39, 0.29) is 60.1 Å². The number of nitrogens with zero attached hydrogens (tertiary/aromatic N) is 7. The number of sulfonamides is 1. The number of thioether (sulfide) groups is 2. The molecular formula is C79H103F3N8O16S3. The van der Waals surface area contributed by atoms with Crippen LogP contribution in [-0.4, -0.2) is 143 Å². The fourth-order valence-electron chi connectivity index (χ4n) is 10.7. The van der Waals surface area contributed by atoms with Gasteiger partial charge in [0, 0.05) is 41.4 Å². The van der Waals surface area contributed by atoms with Crippen LogP contribution < -0.4 is 15.2 Å². The van der Waals surface area contributed by atoms with Gasteiger partial charge in [-0.1, -0.05) is 202 Å². The lowest BCUT2D eigenvalue weighted by molar-refractivity contribution is -0.281. The predicted molar refractivity (Wildman–Crippen MR) is 417 cm³/mol. The number of amides is 2. The second kappa shape index (κ2) is 52.8. The summed E-state index contributed by atoms with van der Waals surface area (Å²) in [4.78, 5) is 97.5. The number of aliphatic hydroxyl groups is 1. The minimum Gasteiger partial charge on any atom is -0.515 e. The largest absolute Gasteiger partial charge is 0.515 e. The van der Waals surface area contributed by atoms with Crippen molar-refractivity contribution in [2.24, 2.45) is 10.9 Å². The molecule has 5 aromatic rings. The van der Waals surface area contributed by atoms with Crippen molar-refractivity contribution in [1.29, 1.82) is 0 Å². The molecule has 3 aliphatic heterocycles. The third kappa shape index (κ3) is 35.8. The zero-order chi connectivity index (χ0) is 79.7. The molecule has 0 saturated carbocycles. The van der Waals surface area contributed by atoms with Crippen LogP contribution in [0, 0.1) is 19.1 Å². The van der Waals surface area contributed by atoms with Gasteiger partial charge in [0.2, 0.25) is 21.8 Å². The molecule has 1 atom stereocenters. The standard InChI is InChI=1S/C26H37NO4S2.C20H16F3N3O3.C18H29NO4.C10H13NO3.C5H8N2O2S/c1-2-3-4-5-6-7-8-9-10-11-15-31-25(30)20-13-12-14-21(18-20)27-19-22(28)23(24(27)29)26-32-16-17-33-26;21-20(22,23)19(29)24-11-16-17(27)25(12-14-7-3-1-4-8-14)26(18(16)28)13-15-9-5-2-6-10-15;1-3-4-5-6-7-8-9-10-11-12-13-21-17(20)16(19-2)18-22-14-15-23-18;1-2-13-14-8-9(7-12)10-5-3-4-6-11-10;1-5(6-2)4-7-10(3,8)9/h12-14,18,23,26H,2-11,15-17,19H2,1H3;1-11,27H,12-13H2;3-15H2,1H3;3-7,12H,2,8H2,1H3;4,7H,1,3H3/b;;;9-7+;5-4+. The van der Waals surface area contributed by atoms with Crippen LogP contribution in [0.5, 0.6) is 5.88 Å². The number of pyridine rings is 1. The number of halogens is 3. The fourth-order valence-corrected chi connectivity index (χ4v) is 14.2. The molecule has 5 heterocycles. The van der Waals surface area contributed by atoms with Gasteiger partial charge in [-0.3, -0.25) is 29.0 Å². The lowest BCUT2D eigenvalue weighted by Crippen LogP contribution is -2.30. The number of aromatic hydroxyl groups is 1. The summed E-state index contributed by atoms with van der Waals surface area (Å²) < 4.78 is 83.2. The minimum absolute atomic E-state index is 0.00748. The number of allylic oxidation sites excluding steroid dienone is 1. The maximum Gasteiger partial charge on any atom is 0.473 e. The van der Waals surface area contributed by atoms with Crippen molar-refractivity contribution in [3.63, 3.8) is 0 Å². The Morgan fingerprint density at radius 1 is 0.716 bits per heavy atom. The van der Waals surface area contributed by atoms with E-state index >= 15 is 0 Å². The maximum atomic E-state index is 12.9. The first-order valence-electron chi connectivity index (χ1n) is 36.7. The first-order valence-corrected chi connectivity index (χ1v) is 40.7. The number of benzene rings is 3. The number of unbranched alkanes of at least 4 members (excludes halogenated alkanes) is 18. The molecule has 0 spiro atoms. The number of rotatable bonds is 38. The highest BCUT2D eigenvalue weighted by atomic mass is 32.2. The van der Waals surface area contributed by atoms with Crippen molar-refractivity contribution in [3.8, 4) is 5.88 Å². The van der Waals surface area contributed by atoms with Gasteiger partial charge in [0.1, 0.15) is 31.3 Å². The van der Waals surface area contributed by atoms with E-state index in [1.807, 2.05) is 19.1 Å². The number of alkyl halides is 3. The third-order valence-electron chi connectivity index (χ3n) is 16.4. The van der Waals surface area contributed by atoms with E-state index in [0.29, 0.717) is 67.5 Å². The fraction of sp³-hybridized carbons (Fsp3) is 0.494. The monoisotopic (exact) mass is 1570 g/mol. The van der Waals surface area contributed by atoms with Crippen molar-refractivity contribution in [2.75, 3.05) is 68.8 Å². The topological polar surface area (TPSA) is 292 Å². The first-order chi connectivity index (χ1) is 52.5. The molecule has 109 heavy (non-hydrogen) atoms. The molecule has 2 amide bonds. The number of Topliss-reactive ketones (excluding diaryl/α,β-unsaturated/α-hetero) is 1.